The third kappa shape index (κ3) is 6.07. The summed E-state index contributed by atoms with van der Waals surface area (Å²) in [5.74, 6) is -1.68. The van der Waals surface area contributed by atoms with Crippen molar-refractivity contribution in [2.75, 3.05) is 0 Å². The zero-order valence-corrected chi connectivity index (χ0v) is 26.1. The molecule has 2 aromatic carbocycles. The summed E-state index contributed by atoms with van der Waals surface area (Å²) in [6.07, 6.45) is 7.62. The molecule has 0 saturated heterocycles. The zero-order chi connectivity index (χ0) is 35.3. The van der Waals surface area contributed by atoms with Crippen LogP contribution in [-0.2, 0) is 15.6 Å². The number of pyridine rings is 4. The second-order valence-electron chi connectivity index (χ2n) is 11.4. The van der Waals surface area contributed by atoms with E-state index >= 15 is 4.79 Å². The van der Waals surface area contributed by atoms with Gasteiger partial charge in [-0.05, 0) is 82.9 Å². The number of carbonyl (C=O) groups excluding carboxylic acids is 1. The summed E-state index contributed by atoms with van der Waals surface area (Å²) in [4.78, 5) is 55.9. The highest BCUT2D eigenvalue weighted by Crippen LogP contribution is 2.49. The molecule has 0 N–H and O–H groups in total. The van der Waals surface area contributed by atoms with Crippen LogP contribution in [-0.4, -0.2) is 35.6 Å². The van der Waals surface area contributed by atoms with Gasteiger partial charge in [-0.1, -0.05) is 24.3 Å². The zero-order valence-electron chi connectivity index (χ0n) is 26.1. The van der Waals surface area contributed by atoms with Crippen LogP contribution in [0.4, 0.5) is 20.2 Å². The molecule has 0 aliphatic carbocycles. The first-order chi connectivity index (χ1) is 24.2. The van der Waals surface area contributed by atoms with Gasteiger partial charge in [0.15, 0.2) is 0 Å². The molecular weight excluding hydrogens is 646 g/mol. The molecule has 50 heavy (non-hydrogen) atoms. The Hall–Kier alpha value is -6.63. The first-order valence-corrected chi connectivity index (χ1v) is 15.2. The van der Waals surface area contributed by atoms with Crippen LogP contribution in [0, 0.1) is 31.9 Å². The molecule has 248 valence electrons. The number of hydrogen-bond acceptors (Lipinski definition) is 9. The van der Waals surface area contributed by atoms with Gasteiger partial charge in [0.2, 0.25) is 0 Å². The third-order valence-corrected chi connectivity index (χ3v) is 8.72. The number of carbonyl (C=O) groups is 1. The summed E-state index contributed by atoms with van der Waals surface area (Å²) < 4.78 is 28.7. The summed E-state index contributed by atoms with van der Waals surface area (Å²) in [6.45, 7) is 0. The van der Waals surface area contributed by atoms with E-state index in [4.69, 9.17) is 0 Å². The summed E-state index contributed by atoms with van der Waals surface area (Å²) >= 11 is 0. The van der Waals surface area contributed by atoms with Crippen LogP contribution >= 0.6 is 0 Å². The van der Waals surface area contributed by atoms with E-state index in [0.717, 1.165) is 0 Å². The Bertz CT molecular complexity index is 2020. The molecule has 0 radical (unpaired) electrons. The SMILES string of the molecule is O=C(C[C@@](c1ccncc1)(c1ccc(F)cc1)c1ncccc1[N+](=O)[O-])C[C@@](c1ccncc1)(c1ccc(F)cc1)c1ncccc1[N+](=O)[O-]. The van der Waals surface area contributed by atoms with Crippen molar-refractivity contribution in [3.05, 3.63) is 200 Å². The molecule has 0 unspecified atom stereocenters. The molecule has 0 amide bonds. The number of nitrogens with zero attached hydrogens (tertiary/aromatic N) is 6. The van der Waals surface area contributed by atoms with Crippen LogP contribution in [0.3, 0.4) is 0 Å². The Morgan fingerprint density at radius 3 is 1.22 bits per heavy atom. The molecule has 6 aromatic rings. The minimum Gasteiger partial charge on any atom is -0.300 e. The number of hydrogen-bond donors (Lipinski definition) is 0. The summed E-state index contributed by atoms with van der Waals surface area (Å²) in [5, 5.41) is 25.0. The predicted molar refractivity (Wildman–Crippen MR) is 177 cm³/mol. The molecular formula is C37H26F2N6O5. The number of benzene rings is 2. The second kappa shape index (κ2) is 13.8. The standard InChI is InChI=1S/C37H26F2N6O5/c38-29-9-5-25(6-10-29)36(27-13-19-40-20-14-27,34-32(44(47)48)3-1-17-42-34)23-31(46)24-37(28-15-21-41-22-16-28,26-7-11-30(39)12-8-26)35-33(45(49)50)4-2-18-43-35/h1-22H,23-24H2/t36-,37-/m0/s1. The van der Waals surface area contributed by atoms with E-state index in [1.54, 1.807) is 24.3 Å². The highest BCUT2D eigenvalue weighted by Gasteiger charge is 2.49. The van der Waals surface area contributed by atoms with Crippen molar-refractivity contribution in [1.29, 1.82) is 0 Å². The van der Waals surface area contributed by atoms with E-state index in [0.29, 0.717) is 22.3 Å². The first kappa shape index (κ1) is 33.3. The molecule has 4 heterocycles. The van der Waals surface area contributed by atoms with Crippen molar-refractivity contribution in [3.63, 3.8) is 0 Å². The topological polar surface area (TPSA) is 155 Å². The predicted octanol–water partition coefficient (Wildman–Crippen LogP) is 7.08. The average molecular weight is 673 g/mol. The number of Topliss-reactive ketones (excluding diaryl/α,β-unsaturated/α-hetero) is 1. The monoisotopic (exact) mass is 672 g/mol. The van der Waals surface area contributed by atoms with E-state index < -0.39 is 50.9 Å². The lowest BCUT2D eigenvalue weighted by Gasteiger charge is -2.37. The molecule has 0 aliphatic heterocycles. The van der Waals surface area contributed by atoms with E-state index in [1.807, 2.05) is 0 Å². The van der Waals surface area contributed by atoms with E-state index in [9.17, 15) is 29.0 Å². The Morgan fingerprint density at radius 1 is 0.540 bits per heavy atom. The lowest BCUT2D eigenvalue weighted by molar-refractivity contribution is -0.386. The minimum atomic E-state index is -1.68. The lowest BCUT2D eigenvalue weighted by atomic mass is 9.64. The van der Waals surface area contributed by atoms with Gasteiger partial charge >= 0.3 is 0 Å². The van der Waals surface area contributed by atoms with Crippen molar-refractivity contribution in [2.45, 2.75) is 23.7 Å². The Kier molecular flexibility index (Phi) is 9.22. The number of ketones is 1. The van der Waals surface area contributed by atoms with Crippen LogP contribution in [0.1, 0.15) is 46.5 Å². The van der Waals surface area contributed by atoms with Gasteiger partial charge in [0.1, 0.15) is 28.8 Å². The van der Waals surface area contributed by atoms with Gasteiger partial charge in [-0.2, -0.15) is 0 Å². The summed E-state index contributed by atoms with van der Waals surface area (Å²) in [6, 6.07) is 22.2. The van der Waals surface area contributed by atoms with Gasteiger partial charge in [-0.3, -0.25) is 45.0 Å². The molecule has 13 heteroatoms. The molecule has 0 saturated carbocycles. The maximum Gasteiger partial charge on any atom is 0.292 e. The Morgan fingerprint density at radius 2 is 0.880 bits per heavy atom. The largest absolute Gasteiger partial charge is 0.300 e. The quantitative estimate of drug-likeness (QED) is 0.0979. The number of halogens is 2. The van der Waals surface area contributed by atoms with E-state index in [1.165, 1.54) is 110 Å². The van der Waals surface area contributed by atoms with Crippen molar-refractivity contribution >= 4 is 17.2 Å². The number of nitro groups is 2. The highest BCUT2D eigenvalue weighted by molar-refractivity contribution is 5.85. The lowest BCUT2D eigenvalue weighted by Crippen LogP contribution is -2.39. The molecule has 0 bridgehead atoms. The summed E-state index contributed by atoms with van der Waals surface area (Å²) in [5.41, 5.74) is -2.88. The second-order valence-corrected chi connectivity index (χ2v) is 11.4. The maximum absolute atomic E-state index is 15.0. The van der Waals surface area contributed by atoms with Crippen LogP contribution in [0.5, 0.6) is 0 Å². The van der Waals surface area contributed by atoms with Crippen molar-refractivity contribution in [1.82, 2.24) is 19.9 Å². The molecule has 2 atom stereocenters. The van der Waals surface area contributed by atoms with Crippen molar-refractivity contribution in [2.24, 2.45) is 0 Å². The fourth-order valence-corrected chi connectivity index (χ4v) is 6.60. The van der Waals surface area contributed by atoms with E-state index in [2.05, 4.69) is 19.9 Å². The molecule has 0 fully saturated rings. The van der Waals surface area contributed by atoms with Gasteiger partial charge in [-0.15, -0.1) is 0 Å². The van der Waals surface area contributed by atoms with Crippen molar-refractivity contribution in [3.8, 4) is 0 Å². The summed E-state index contributed by atoms with van der Waals surface area (Å²) in [7, 11) is 0. The Balaban J connectivity index is 1.65. The maximum atomic E-state index is 15.0. The average Bonchev–Trinajstić information content (AvgIpc) is 3.14. The minimum absolute atomic E-state index is 0.0868. The molecule has 0 spiro atoms. The molecule has 6 rings (SSSR count). The molecule has 11 nitrogen and oxygen atoms in total. The molecule has 0 aliphatic rings. The van der Waals surface area contributed by atoms with Crippen LogP contribution < -0.4 is 0 Å². The first-order valence-electron chi connectivity index (χ1n) is 15.2. The van der Waals surface area contributed by atoms with Crippen LogP contribution in [0.25, 0.3) is 0 Å². The number of rotatable bonds is 12. The molecule has 4 aromatic heterocycles. The number of aromatic nitrogens is 4. The fourth-order valence-electron chi connectivity index (χ4n) is 6.60. The normalized spacial score (nSPS) is 13.5. The van der Waals surface area contributed by atoms with Gasteiger partial charge in [0.05, 0.1) is 20.7 Å². The van der Waals surface area contributed by atoms with Crippen LogP contribution in [0.15, 0.2) is 134 Å². The van der Waals surface area contributed by atoms with E-state index in [-0.39, 0.29) is 22.8 Å². The fraction of sp³-hybridized carbons (Fsp3) is 0.108. The van der Waals surface area contributed by atoms with Crippen LogP contribution in [0.2, 0.25) is 0 Å². The van der Waals surface area contributed by atoms with Crippen molar-refractivity contribution < 1.29 is 23.4 Å². The Labute approximate surface area is 283 Å². The van der Waals surface area contributed by atoms with Gasteiger partial charge in [0.25, 0.3) is 11.4 Å². The van der Waals surface area contributed by atoms with Gasteiger partial charge in [0, 0.05) is 62.2 Å². The highest BCUT2D eigenvalue weighted by atomic mass is 19.1. The van der Waals surface area contributed by atoms with Gasteiger partial charge in [-0.25, -0.2) is 8.78 Å². The third-order valence-electron chi connectivity index (χ3n) is 8.72. The van der Waals surface area contributed by atoms with Gasteiger partial charge < -0.3 is 0 Å². The smallest absolute Gasteiger partial charge is 0.292 e.